The maximum Gasteiger partial charge on any atom is 0.00104 e. The predicted molar refractivity (Wildman–Crippen MR) is 54.3 cm³/mol. The van der Waals surface area contributed by atoms with E-state index in [1.54, 1.807) is 0 Å². The Morgan fingerprint density at radius 3 is 2.17 bits per heavy atom. The van der Waals surface area contributed by atoms with Gasteiger partial charge in [-0.3, -0.25) is 0 Å². The summed E-state index contributed by atoms with van der Waals surface area (Å²) >= 11 is 0. The molecule has 1 aliphatic carbocycles. The molecule has 1 rings (SSSR count). The Morgan fingerprint density at radius 1 is 1.08 bits per heavy atom. The first-order valence-corrected chi connectivity index (χ1v) is 5.52. The van der Waals surface area contributed by atoms with Gasteiger partial charge in [-0.15, -0.1) is 0 Å². The molecular weight excluding hydrogens is 146 g/mol. The van der Waals surface area contributed by atoms with E-state index in [2.05, 4.69) is 19.2 Å². The summed E-state index contributed by atoms with van der Waals surface area (Å²) in [5.74, 6) is 0.967. The zero-order chi connectivity index (χ0) is 8.81. The monoisotopic (exact) mass is 169 g/mol. The van der Waals surface area contributed by atoms with Crippen molar-refractivity contribution in [2.45, 2.75) is 58.4 Å². The maximum absolute atomic E-state index is 3.54. The van der Waals surface area contributed by atoms with Crippen LogP contribution in [-0.4, -0.2) is 12.6 Å². The summed E-state index contributed by atoms with van der Waals surface area (Å²) in [7, 11) is 0. The highest BCUT2D eigenvalue weighted by atomic mass is 14.9. The topological polar surface area (TPSA) is 12.0 Å². The molecule has 0 aromatic heterocycles. The molecule has 0 aromatic rings. The first kappa shape index (κ1) is 10.0. The fourth-order valence-corrected chi connectivity index (χ4v) is 1.97. The molecule has 12 heavy (non-hydrogen) atoms. The number of hydrogen-bond acceptors (Lipinski definition) is 1. The number of hydrogen-bond donors (Lipinski definition) is 1. The van der Waals surface area contributed by atoms with Crippen molar-refractivity contribution >= 4 is 0 Å². The van der Waals surface area contributed by atoms with E-state index in [9.17, 15) is 0 Å². The second-order valence-corrected chi connectivity index (χ2v) is 4.42. The van der Waals surface area contributed by atoms with Crippen molar-refractivity contribution in [3.63, 3.8) is 0 Å². The summed E-state index contributed by atoms with van der Waals surface area (Å²) in [6.07, 6.45) is 8.78. The molecule has 0 amide bonds. The number of rotatable bonds is 3. The van der Waals surface area contributed by atoms with Gasteiger partial charge in [0.1, 0.15) is 0 Å². The van der Waals surface area contributed by atoms with Gasteiger partial charge in [-0.2, -0.15) is 0 Å². The highest BCUT2D eigenvalue weighted by Gasteiger charge is 2.11. The second kappa shape index (κ2) is 5.58. The van der Waals surface area contributed by atoms with Crippen LogP contribution in [0.2, 0.25) is 0 Å². The minimum atomic E-state index is 0.660. The summed E-state index contributed by atoms with van der Waals surface area (Å²) in [6.45, 7) is 5.71. The van der Waals surface area contributed by atoms with Crippen molar-refractivity contribution in [3.8, 4) is 0 Å². The van der Waals surface area contributed by atoms with Crippen molar-refractivity contribution in [2.24, 2.45) is 5.92 Å². The van der Waals surface area contributed by atoms with E-state index in [1.165, 1.54) is 45.1 Å². The lowest BCUT2D eigenvalue weighted by atomic mass is 10.0. The van der Waals surface area contributed by atoms with Gasteiger partial charge in [-0.1, -0.05) is 39.5 Å². The highest BCUT2D eigenvalue weighted by molar-refractivity contribution is 4.67. The molecule has 1 N–H and O–H groups in total. The lowest BCUT2D eigenvalue weighted by Crippen LogP contribution is -2.28. The molecule has 0 aromatic carbocycles. The average molecular weight is 169 g/mol. The molecule has 0 unspecified atom stereocenters. The minimum absolute atomic E-state index is 0.660. The van der Waals surface area contributed by atoms with Gasteiger partial charge < -0.3 is 5.32 Å². The summed E-state index contributed by atoms with van der Waals surface area (Å²) in [6, 6.07) is 0.660. The van der Waals surface area contributed by atoms with Crippen LogP contribution in [-0.2, 0) is 0 Å². The lowest BCUT2D eigenvalue weighted by molar-refractivity contribution is 0.407. The van der Waals surface area contributed by atoms with Crippen molar-refractivity contribution in [3.05, 3.63) is 0 Å². The molecule has 0 saturated heterocycles. The van der Waals surface area contributed by atoms with E-state index >= 15 is 0 Å². The van der Waals surface area contributed by atoms with Gasteiger partial charge in [-0.05, 0) is 25.3 Å². The van der Waals surface area contributed by atoms with E-state index in [1.807, 2.05) is 0 Å². The zero-order valence-electron chi connectivity index (χ0n) is 8.60. The minimum Gasteiger partial charge on any atom is -0.314 e. The molecule has 1 nitrogen and oxygen atoms in total. The van der Waals surface area contributed by atoms with E-state index in [0.717, 1.165) is 5.92 Å². The van der Waals surface area contributed by atoms with Gasteiger partial charge in [0.05, 0.1) is 0 Å². The molecule has 1 saturated carbocycles. The fourth-order valence-electron chi connectivity index (χ4n) is 1.97. The smallest absolute Gasteiger partial charge is 0.00104 e. The Labute approximate surface area is 76.9 Å². The summed E-state index contributed by atoms with van der Waals surface area (Å²) in [5, 5.41) is 3.54. The molecular formula is C11H23N. The Bertz CT molecular complexity index is 102. The third-order valence-corrected chi connectivity index (χ3v) is 2.79. The van der Waals surface area contributed by atoms with Crippen LogP contribution in [0, 0.1) is 5.92 Å². The van der Waals surface area contributed by atoms with Crippen LogP contribution in [0.15, 0.2) is 0 Å². The van der Waals surface area contributed by atoms with E-state index in [4.69, 9.17) is 0 Å². The fraction of sp³-hybridized carbons (Fsp3) is 1.00. The Balaban J connectivity index is 2.12. The van der Waals surface area contributed by atoms with Gasteiger partial charge in [0, 0.05) is 6.04 Å². The Kier molecular flexibility index (Phi) is 4.67. The molecule has 1 aliphatic rings. The molecule has 1 heteroatoms. The highest BCUT2D eigenvalue weighted by Crippen LogP contribution is 2.21. The Hall–Kier alpha value is -0.0400. The van der Waals surface area contributed by atoms with Crippen LogP contribution in [0.3, 0.4) is 0 Å². The van der Waals surface area contributed by atoms with Crippen LogP contribution < -0.4 is 5.32 Å². The molecule has 0 spiro atoms. The van der Waals surface area contributed by atoms with Gasteiger partial charge in [-0.25, -0.2) is 0 Å². The van der Waals surface area contributed by atoms with Crippen molar-refractivity contribution in [1.82, 2.24) is 5.32 Å². The predicted octanol–water partition coefficient (Wildman–Crippen LogP) is 2.95. The molecule has 1 fully saturated rings. The first-order chi connectivity index (χ1) is 5.79. The van der Waals surface area contributed by atoms with Crippen molar-refractivity contribution < 1.29 is 0 Å². The summed E-state index contributed by atoms with van der Waals surface area (Å²) < 4.78 is 0. The normalized spacial score (nSPS) is 21.2. The van der Waals surface area contributed by atoms with Crippen LogP contribution in [0.1, 0.15) is 52.4 Å². The van der Waals surface area contributed by atoms with Crippen LogP contribution in [0.5, 0.6) is 0 Å². The van der Waals surface area contributed by atoms with Crippen LogP contribution in [0.25, 0.3) is 0 Å². The summed E-state index contributed by atoms with van der Waals surface area (Å²) in [4.78, 5) is 0. The van der Waals surface area contributed by atoms with Gasteiger partial charge in [0.15, 0.2) is 0 Å². The zero-order valence-corrected chi connectivity index (χ0v) is 8.60. The molecule has 0 heterocycles. The first-order valence-electron chi connectivity index (χ1n) is 5.52. The largest absolute Gasteiger partial charge is 0.314 e. The summed E-state index contributed by atoms with van der Waals surface area (Å²) in [5.41, 5.74) is 0. The standard InChI is InChI=1S/C11H23N/c1-10(2)12-9-11-7-5-3-4-6-8-11/h10-12H,3-9H2,1-2H3. The van der Waals surface area contributed by atoms with Gasteiger partial charge in [0.2, 0.25) is 0 Å². The average Bonchev–Trinajstić information content (AvgIpc) is 2.28. The number of nitrogens with one attached hydrogen (secondary N) is 1. The molecule has 0 atom stereocenters. The van der Waals surface area contributed by atoms with Crippen molar-refractivity contribution in [1.29, 1.82) is 0 Å². The van der Waals surface area contributed by atoms with Gasteiger partial charge in [0.25, 0.3) is 0 Å². The van der Waals surface area contributed by atoms with Crippen molar-refractivity contribution in [2.75, 3.05) is 6.54 Å². The van der Waals surface area contributed by atoms with E-state index in [-0.39, 0.29) is 0 Å². The second-order valence-electron chi connectivity index (χ2n) is 4.42. The third kappa shape index (κ3) is 4.10. The lowest BCUT2D eigenvalue weighted by Gasteiger charge is -2.16. The molecule has 72 valence electrons. The molecule has 0 bridgehead atoms. The maximum atomic E-state index is 3.54. The van der Waals surface area contributed by atoms with E-state index in [0.29, 0.717) is 6.04 Å². The molecule has 0 aliphatic heterocycles. The molecule has 0 radical (unpaired) electrons. The Morgan fingerprint density at radius 2 is 1.67 bits per heavy atom. The quantitative estimate of drug-likeness (QED) is 0.640. The van der Waals surface area contributed by atoms with Gasteiger partial charge >= 0.3 is 0 Å². The third-order valence-electron chi connectivity index (χ3n) is 2.79. The van der Waals surface area contributed by atoms with Crippen LogP contribution >= 0.6 is 0 Å². The van der Waals surface area contributed by atoms with Crippen LogP contribution in [0.4, 0.5) is 0 Å². The SMILES string of the molecule is CC(C)NCC1CCCCCC1. The van der Waals surface area contributed by atoms with E-state index < -0.39 is 0 Å².